The first-order chi connectivity index (χ1) is 14.5. The maximum atomic E-state index is 12.2. The molecule has 0 saturated carbocycles. The average molecular weight is 460 g/mol. The first-order valence-electron chi connectivity index (χ1n) is 9.34. The van der Waals surface area contributed by atoms with Gasteiger partial charge < -0.3 is 5.32 Å². The molecular formula is C24H18BrN3O2. The van der Waals surface area contributed by atoms with Crippen molar-refractivity contribution in [2.45, 2.75) is 6.92 Å². The zero-order valence-corrected chi connectivity index (χ0v) is 17.7. The number of amides is 2. The second-order valence-corrected chi connectivity index (χ2v) is 7.76. The van der Waals surface area contributed by atoms with E-state index in [1.54, 1.807) is 18.3 Å². The zero-order valence-electron chi connectivity index (χ0n) is 16.1. The van der Waals surface area contributed by atoms with Gasteiger partial charge in [0, 0.05) is 15.7 Å². The topological polar surface area (TPSA) is 70.6 Å². The fourth-order valence-electron chi connectivity index (χ4n) is 3.34. The lowest BCUT2D eigenvalue weighted by Crippen LogP contribution is -2.32. The molecule has 6 heteroatoms. The first-order valence-corrected chi connectivity index (χ1v) is 10.1. The van der Waals surface area contributed by atoms with Crippen molar-refractivity contribution in [3.05, 3.63) is 88.4 Å². The fraction of sp³-hybridized carbons (Fsp3) is 0.0417. The molecule has 0 spiro atoms. The number of anilines is 1. The largest absolute Gasteiger partial charge is 0.329 e. The number of nitrogens with one attached hydrogen (secondary N) is 2. The molecule has 2 amide bonds. The number of halogens is 1. The fourth-order valence-corrected chi connectivity index (χ4v) is 3.82. The monoisotopic (exact) mass is 459 g/mol. The number of nitrogens with zero attached hydrogens (tertiary/aromatic N) is 1. The van der Waals surface area contributed by atoms with E-state index in [-0.39, 0.29) is 0 Å². The van der Waals surface area contributed by atoms with Crippen LogP contribution < -0.4 is 10.7 Å². The van der Waals surface area contributed by atoms with E-state index in [2.05, 4.69) is 37.8 Å². The van der Waals surface area contributed by atoms with E-state index in [9.17, 15) is 9.59 Å². The summed E-state index contributed by atoms with van der Waals surface area (Å²) >= 11 is 3.37. The average Bonchev–Trinajstić information content (AvgIpc) is 2.75. The van der Waals surface area contributed by atoms with E-state index in [4.69, 9.17) is 0 Å². The number of aryl methyl sites for hydroxylation is 1. The Hall–Kier alpha value is -3.51. The number of hydrogen-bond acceptors (Lipinski definition) is 3. The number of hydrazone groups is 1. The van der Waals surface area contributed by atoms with Crippen molar-refractivity contribution in [2.24, 2.45) is 5.10 Å². The molecule has 0 unspecified atom stereocenters. The summed E-state index contributed by atoms with van der Waals surface area (Å²) < 4.78 is 0.898. The molecule has 4 aromatic rings. The van der Waals surface area contributed by atoms with Crippen LogP contribution in [0.3, 0.4) is 0 Å². The van der Waals surface area contributed by atoms with Gasteiger partial charge in [0.15, 0.2) is 0 Å². The van der Waals surface area contributed by atoms with Gasteiger partial charge in [0.2, 0.25) is 0 Å². The quantitative estimate of drug-likeness (QED) is 0.192. The summed E-state index contributed by atoms with van der Waals surface area (Å²) in [5.41, 5.74) is 4.62. The molecular weight excluding hydrogens is 442 g/mol. The Labute approximate surface area is 181 Å². The third-order valence-corrected chi connectivity index (χ3v) is 5.31. The number of rotatable bonds is 3. The van der Waals surface area contributed by atoms with Gasteiger partial charge in [0.1, 0.15) is 0 Å². The molecule has 2 N–H and O–H groups in total. The molecule has 0 radical (unpaired) electrons. The summed E-state index contributed by atoms with van der Waals surface area (Å²) in [5.74, 6) is -1.61. The molecule has 0 atom stereocenters. The van der Waals surface area contributed by atoms with Gasteiger partial charge in [-0.05, 0) is 58.3 Å². The molecule has 0 saturated heterocycles. The molecule has 0 aliphatic heterocycles. The summed E-state index contributed by atoms with van der Waals surface area (Å²) in [6.07, 6.45) is 1.58. The Bertz CT molecular complexity index is 1260. The lowest BCUT2D eigenvalue weighted by atomic mass is 9.97. The van der Waals surface area contributed by atoms with Crippen LogP contribution in [0.4, 0.5) is 5.69 Å². The standard InChI is InChI=1S/C24H18BrN3O2/c1-15-12-18(25)10-11-22(15)27-23(29)24(30)28-26-14-21-19-8-4-2-6-16(19)13-17-7-3-5-9-20(17)21/h2-14H,1H3,(H,27,29)(H,28,30)/b26-14+. The minimum absolute atomic E-state index is 0.572. The molecule has 4 aromatic carbocycles. The van der Waals surface area contributed by atoms with E-state index >= 15 is 0 Å². The molecule has 0 aromatic heterocycles. The van der Waals surface area contributed by atoms with Crippen molar-refractivity contribution in [3.63, 3.8) is 0 Å². The van der Waals surface area contributed by atoms with E-state index in [0.717, 1.165) is 37.1 Å². The maximum absolute atomic E-state index is 12.2. The highest BCUT2D eigenvalue weighted by Gasteiger charge is 2.14. The highest BCUT2D eigenvalue weighted by Crippen LogP contribution is 2.27. The molecule has 4 rings (SSSR count). The van der Waals surface area contributed by atoms with Crippen LogP contribution >= 0.6 is 15.9 Å². The Morgan fingerprint density at radius 3 is 2.13 bits per heavy atom. The number of carbonyl (C=O) groups excluding carboxylic acids is 2. The van der Waals surface area contributed by atoms with Crippen molar-refractivity contribution in [3.8, 4) is 0 Å². The molecule has 0 aliphatic rings. The number of carbonyl (C=O) groups is 2. The van der Waals surface area contributed by atoms with E-state index in [0.29, 0.717) is 5.69 Å². The normalized spacial score (nSPS) is 11.1. The van der Waals surface area contributed by atoms with Crippen LogP contribution in [0.2, 0.25) is 0 Å². The minimum atomic E-state index is -0.835. The smallest absolute Gasteiger partial charge is 0.317 e. The highest BCUT2D eigenvalue weighted by molar-refractivity contribution is 9.10. The van der Waals surface area contributed by atoms with Crippen molar-refractivity contribution in [1.82, 2.24) is 5.43 Å². The van der Waals surface area contributed by atoms with Crippen molar-refractivity contribution in [2.75, 3.05) is 5.32 Å². The molecule has 0 bridgehead atoms. The second-order valence-electron chi connectivity index (χ2n) is 6.85. The lowest BCUT2D eigenvalue weighted by Gasteiger charge is -2.09. The zero-order chi connectivity index (χ0) is 21.1. The Kier molecular flexibility index (Phi) is 5.59. The number of fused-ring (bicyclic) bond motifs is 2. The maximum Gasteiger partial charge on any atom is 0.329 e. The summed E-state index contributed by atoms with van der Waals surface area (Å²) in [4.78, 5) is 24.4. The van der Waals surface area contributed by atoms with E-state index in [1.165, 1.54) is 0 Å². The Morgan fingerprint density at radius 1 is 0.867 bits per heavy atom. The van der Waals surface area contributed by atoms with Crippen LogP contribution in [0.5, 0.6) is 0 Å². The summed E-state index contributed by atoms with van der Waals surface area (Å²) in [6.45, 7) is 1.85. The summed E-state index contributed by atoms with van der Waals surface area (Å²) in [6, 6.07) is 23.5. The van der Waals surface area contributed by atoms with Gasteiger partial charge in [-0.2, -0.15) is 5.10 Å². The van der Waals surface area contributed by atoms with Crippen LogP contribution in [-0.2, 0) is 9.59 Å². The predicted octanol–water partition coefficient (Wildman–Crippen LogP) is 5.15. The van der Waals surface area contributed by atoms with Gasteiger partial charge in [-0.3, -0.25) is 9.59 Å². The van der Waals surface area contributed by atoms with Gasteiger partial charge in [0.25, 0.3) is 0 Å². The van der Waals surface area contributed by atoms with Crippen molar-refractivity contribution >= 4 is 61.2 Å². The van der Waals surface area contributed by atoms with Gasteiger partial charge in [-0.15, -0.1) is 0 Å². The summed E-state index contributed by atoms with van der Waals surface area (Å²) in [7, 11) is 0. The second kappa shape index (κ2) is 8.47. The molecule has 0 fully saturated rings. The minimum Gasteiger partial charge on any atom is -0.317 e. The predicted molar refractivity (Wildman–Crippen MR) is 125 cm³/mol. The molecule has 30 heavy (non-hydrogen) atoms. The van der Waals surface area contributed by atoms with Gasteiger partial charge >= 0.3 is 11.8 Å². The summed E-state index contributed by atoms with van der Waals surface area (Å²) in [5, 5.41) is 10.8. The first kappa shape index (κ1) is 19.8. The van der Waals surface area contributed by atoms with Gasteiger partial charge in [-0.1, -0.05) is 64.5 Å². The van der Waals surface area contributed by atoms with Crippen LogP contribution in [-0.4, -0.2) is 18.0 Å². The van der Waals surface area contributed by atoms with Crippen molar-refractivity contribution < 1.29 is 9.59 Å². The lowest BCUT2D eigenvalue weighted by molar-refractivity contribution is -0.136. The molecule has 5 nitrogen and oxygen atoms in total. The van der Waals surface area contributed by atoms with Gasteiger partial charge in [0.05, 0.1) is 6.21 Å². The SMILES string of the molecule is Cc1cc(Br)ccc1NC(=O)C(=O)N/N=C/c1c2ccccc2cc2ccccc12. The Morgan fingerprint density at radius 2 is 1.50 bits per heavy atom. The van der Waals surface area contributed by atoms with Gasteiger partial charge in [-0.25, -0.2) is 5.43 Å². The Balaban J connectivity index is 1.56. The molecule has 0 aliphatic carbocycles. The van der Waals surface area contributed by atoms with Crippen LogP contribution in [0.25, 0.3) is 21.5 Å². The van der Waals surface area contributed by atoms with E-state index < -0.39 is 11.8 Å². The van der Waals surface area contributed by atoms with Crippen LogP contribution in [0, 0.1) is 6.92 Å². The third kappa shape index (κ3) is 4.09. The molecule has 148 valence electrons. The third-order valence-electron chi connectivity index (χ3n) is 4.82. The van der Waals surface area contributed by atoms with Crippen LogP contribution in [0.15, 0.2) is 82.4 Å². The number of hydrogen-bond donors (Lipinski definition) is 2. The highest BCUT2D eigenvalue weighted by atomic mass is 79.9. The van der Waals surface area contributed by atoms with E-state index in [1.807, 2.05) is 61.5 Å². The van der Waals surface area contributed by atoms with Crippen LogP contribution in [0.1, 0.15) is 11.1 Å². The number of benzene rings is 4. The van der Waals surface area contributed by atoms with Crippen molar-refractivity contribution in [1.29, 1.82) is 0 Å². The molecule has 0 heterocycles.